The smallest absolute Gasteiger partial charge is 0.119 e. The summed E-state index contributed by atoms with van der Waals surface area (Å²) in [7, 11) is 1.62. The topological polar surface area (TPSA) is 68.4 Å². The summed E-state index contributed by atoms with van der Waals surface area (Å²) in [5, 5.41) is 11.7. The Hall–Kier alpha value is -0.490. The molecular formula is C8H14N2O2S. The van der Waals surface area contributed by atoms with E-state index in [-0.39, 0.29) is 6.61 Å². The van der Waals surface area contributed by atoms with Crippen LogP contribution in [0.25, 0.3) is 0 Å². The fourth-order valence-electron chi connectivity index (χ4n) is 0.844. The van der Waals surface area contributed by atoms with Crippen LogP contribution in [0.15, 0.2) is 5.38 Å². The highest BCUT2D eigenvalue weighted by molar-refractivity contribution is 7.09. The SMILES string of the molecule is COCc1nc(C(C)(N)CO)cs1. The maximum Gasteiger partial charge on any atom is 0.119 e. The van der Waals surface area contributed by atoms with Crippen LogP contribution in [0.3, 0.4) is 0 Å². The van der Waals surface area contributed by atoms with Crippen molar-refractivity contribution < 1.29 is 9.84 Å². The van der Waals surface area contributed by atoms with Crippen LogP contribution >= 0.6 is 11.3 Å². The monoisotopic (exact) mass is 202 g/mol. The van der Waals surface area contributed by atoms with Crippen LogP contribution in [0.5, 0.6) is 0 Å². The molecule has 1 rings (SSSR count). The molecule has 74 valence electrons. The van der Waals surface area contributed by atoms with Crippen molar-refractivity contribution in [2.75, 3.05) is 13.7 Å². The zero-order valence-corrected chi connectivity index (χ0v) is 8.60. The molecule has 0 aliphatic heterocycles. The summed E-state index contributed by atoms with van der Waals surface area (Å²) in [6, 6.07) is 0. The first-order valence-electron chi connectivity index (χ1n) is 3.93. The number of ether oxygens (including phenoxy) is 1. The number of methoxy groups -OCH3 is 1. The lowest BCUT2D eigenvalue weighted by Crippen LogP contribution is -2.37. The molecule has 4 nitrogen and oxygen atoms in total. The highest BCUT2D eigenvalue weighted by atomic mass is 32.1. The third-order valence-corrected chi connectivity index (χ3v) is 2.56. The van der Waals surface area contributed by atoms with Gasteiger partial charge < -0.3 is 15.6 Å². The molecule has 3 N–H and O–H groups in total. The lowest BCUT2D eigenvalue weighted by molar-refractivity contribution is 0.182. The first-order chi connectivity index (χ1) is 6.10. The molecule has 0 radical (unpaired) electrons. The van der Waals surface area contributed by atoms with Crippen molar-refractivity contribution in [3.05, 3.63) is 16.1 Å². The van der Waals surface area contributed by atoms with E-state index >= 15 is 0 Å². The zero-order valence-electron chi connectivity index (χ0n) is 7.78. The molecule has 1 heterocycles. The average Bonchev–Trinajstić information content (AvgIpc) is 2.54. The van der Waals surface area contributed by atoms with Crippen LogP contribution in [0.2, 0.25) is 0 Å². The number of aromatic nitrogens is 1. The summed E-state index contributed by atoms with van der Waals surface area (Å²) < 4.78 is 4.93. The van der Waals surface area contributed by atoms with Crippen molar-refractivity contribution in [1.82, 2.24) is 4.98 Å². The van der Waals surface area contributed by atoms with E-state index < -0.39 is 5.54 Å². The van der Waals surface area contributed by atoms with Gasteiger partial charge in [0.15, 0.2) is 0 Å². The molecule has 0 saturated carbocycles. The summed E-state index contributed by atoms with van der Waals surface area (Å²) in [6.07, 6.45) is 0. The van der Waals surface area contributed by atoms with Gasteiger partial charge in [0.1, 0.15) is 5.01 Å². The van der Waals surface area contributed by atoms with Crippen molar-refractivity contribution >= 4 is 11.3 Å². The number of hydrogen-bond acceptors (Lipinski definition) is 5. The van der Waals surface area contributed by atoms with Gasteiger partial charge in [-0.1, -0.05) is 0 Å². The Labute approximate surface area is 81.4 Å². The van der Waals surface area contributed by atoms with Crippen LogP contribution < -0.4 is 5.73 Å². The quantitative estimate of drug-likeness (QED) is 0.744. The van der Waals surface area contributed by atoms with Crippen molar-refractivity contribution in [3.63, 3.8) is 0 Å². The molecule has 0 fully saturated rings. The molecule has 0 aliphatic rings. The number of thiazole rings is 1. The number of nitrogens with zero attached hydrogens (tertiary/aromatic N) is 1. The minimum Gasteiger partial charge on any atom is -0.394 e. The van der Waals surface area contributed by atoms with Gasteiger partial charge in [-0.3, -0.25) is 0 Å². The minimum atomic E-state index is -0.748. The van der Waals surface area contributed by atoms with E-state index in [0.29, 0.717) is 12.3 Å². The molecule has 0 spiro atoms. The molecule has 0 aliphatic carbocycles. The van der Waals surface area contributed by atoms with Gasteiger partial charge in [0.25, 0.3) is 0 Å². The Morgan fingerprint density at radius 3 is 3.00 bits per heavy atom. The van der Waals surface area contributed by atoms with Crippen molar-refractivity contribution in [2.24, 2.45) is 5.73 Å². The Kier molecular flexibility index (Phi) is 3.38. The standard InChI is InChI=1S/C8H14N2O2S/c1-8(9,5-11)6-4-13-7(10-6)3-12-2/h4,11H,3,5,9H2,1-2H3. The summed E-state index contributed by atoms with van der Waals surface area (Å²) in [5.41, 5.74) is 5.77. The summed E-state index contributed by atoms with van der Waals surface area (Å²) in [5.74, 6) is 0. The number of aliphatic hydroxyl groups is 1. The van der Waals surface area contributed by atoms with Crippen LogP contribution in [0.1, 0.15) is 17.6 Å². The number of hydrogen-bond donors (Lipinski definition) is 2. The summed E-state index contributed by atoms with van der Waals surface area (Å²) in [4.78, 5) is 4.25. The third-order valence-electron chi connectivity index (χ3n) is 1.73. The van der Waals surface area contributed by atoms with Gasteiger partial charge in [0, 0.05) is 12.5 Å². The van der Waals surface area contributed by atoms with Gasteiger partial charge in [0.2, 0.25) is 0 Å². The van der Waals surface area contributed by atoms with E-state index in [1.54, 1.807) is 14.0 Å². The molecule has 13 heavy (non-hydrogen) atoms. The highest BCUT2D eigenvalue weighted by Gasteiger charge is 2.22. The maximum atomic E-state index is 9.00. The van der Waals surface area contributed by atoms with Crippen LogP contribution in [-0.4, -0.2) is 23.8 Å². The second-order valence-corrected chi connectivity index (χ2v) is 4.08. The normalized spacial score (nSPS) is 15.7. The van der Waals surface area contributed by atoms with E-state index in [2.05, 4.69) is 4.98 Å². The van der Waals surface area contributed by atoms with Gasteiger partial charge in [-0.2, -0.15) is 0 Å². The van der Waals surface area contributed by atoms with E-state index in [0.717, 1.165) is 5.01 Å². The minimum absolute atomic E-state index is 0.108. The second kappa shape index (κ2) is 4.15. The molecule has 0 amide bonds. The van der Waals surface area contributed by atoms with Crippen molar-refractivity contribution in [2.45, 2.75) is 19.1 Å². The molecule has 1 atom stereocenters. The second-order valence-electron chi connectivity index (χ2n) is 3.14. The Morgan fingerprint density at radius 2 is 2.46 bits per heavy atom. The number of rotatable bonds is 4. The van der Waals surface area contributed by atoms with Gasteiger partial charge in [-0.25, -0.2) is 4.98 Å². The predicted octanol–water partition coefficient (Wildman–Crippen LogP) is 0.456. The first-order valence-corrected chi connectivity index (χ1v) is 4.81. The lowest BCUT2D eigenvalue weighted by Gasteiger charge is -2.18. The number of nitrogens with two attached hydrogens (primary N) is 1. The van der Waals surface area contributed by atoms with E-state index in [1.807, 2.05) is 5.38 Å². The molecule has 1 unspecified atom stereocenters. The summed E-state index contributed by atoms with van der Waals surface area (Å²) in [6.45, 7) is 2.13. The van der Waals surface area contributed by atoms with Crippen LogP contribution in [-0.2, 0) is 16.9 Å². The molecule has 0 saturated heterocycles. The average molecular weight is 202 g/mol. The third kappa shape index (κ3) is 2.47. The van der Waals surface area contributed by atoms with E-state index in [9.17, 15) is 0 Å². The molecule has 1 aromatic rings. The zero-order chi connectivity index (χ0) is 9.90. The van der Waals surface area contributed by atoms with Gasteiger partial charge in [-0.15, -0.1) is 11.3 Å². The van der Waals surface area contributed by atoms with Crippen molar-refractivity contribution in [1.29, 1.82) is 0 Å². The molecule has 0 aromatic carbocycles. The summed E-state index contributed by atoms with van der Waals surface area (Å²) >= 11 is 1.49. The van der Waals surface area contributed by atoms with Gasteiger partial charge >= 0.3 is 0 Å². The van der Waals surface area contributed by atoms with Gasteiger partial charge in [0.05, 0.1) is 24.4 Å². The molecule has 0 bridgehead atoms. The van der Waals surface area contributed by atoms with Crippen molar-refractivity contribution in [3.8, 4) is 0 Å². The molecular weight excluding hydrogens is 188 g/mol. The molecule has 5 heteroatoms. The van der Waals surface area contributed by atoms with E-state index in [1.165, 1.54) is 11.3 Å². The lowest BCUT2D eigenvalue weighted by atomic mass is 10.0. The maximum absolute atomic E-state index is 9.00. The van der Waals surface area contributed by atoms with Gasteiger partial charge in [-0.05, 0) is 6.92 Å². The van der Waals surface area contributed by atoms with Crippen LogP contribution in [0.4, 0.5) is 0 Å². The Bertz CT molecular complexity index is 273. The number of aliphatic hydroxyl groups excluding tert-OH is 1. The molecule has 1 aromatic heterocycles. The predicted molar refractivity (Wildman–Crippen MR) is 51.5 cm³/mol. The fourth-order valence-corrected chi connectivity index (χ4v) is 1.75. The first kappa shape index (κ1) is 10.6. The Morgan fingerprint density at radius 1 is 1.77 bits per heavy atom. The van der Waals surface area contributed by atoms with Crippen LogP contribution in [0, 0.1) is 0 Å². The Balaban J connectivity index is 2.79. The van der Waals surface area contributed by atoms with E-state index in [4.69, 9.17) is 15.6 Å². The highest BCUT2D eigenvalue weighted by Crippen LogP contribution is 2.20. The fraction of sp³-hybridized carbons (Fsp3) is 0.625. The largest absolute Gasteiger partial charge is 0.394 e.